The summed E-state index contributed by atoms with van der Waals surface area (Å²) in [7, 11) is 0. The van der Waals surface area contributed by atoms with Gasteiger partial charge in [-0.2, -0.15) is 0 Å². The van der Waals surface area contributed by atoms with E-state index in [9.17, 15) is 4.39 Å². The molecule has 1 aromatic rings. The predicted molar refractivity (Wildman–Crippen MR) is 67.7 cm³/mol. The normalized spacial score (nSPS) is 22.9. The summed E-state index contributed by atoms with van der Waals surface area (Å²) in [6.45, 7) is 3.19. The SMILES string of the molecule is CC(N)C(OCC1CCCO1)c1cccc(F)c1. The Balaban J connectivity index is 1.99. The van der Waals surface area contributed by atoms with E-state index in [4.69, 9.17) is 15.2 Å². The van der Waals surface area contributed by atoms with E-state index in [-0.39, 0.29) is 24.1 Å². The zero-order valence-electron chi connectivity index (χ0n) is 10.6. The first-order valence-electron chi connectivity index (χ1n) is 6.41. The number of nitrogens with two attached hydrogens (primary N) is 1. The van der Waals surface area contributed by atoms with Crippen molar-refractivity contribution < 1.29 is 13.9 Å². The van der Waals surface area contributed by atoms with Gasteiger partial charge in [0.2, 0.25) is 0 Å². The van der Waals surface area contributed by atoms with Crippen molar-refractivity contribution in [2.24, 2.45) is 5.73 Å². The molecule has 4 heteroatoms. The van der Waals surface area contributed by atoms with Crippen molar-refractivity contribution in [3.8, 4) is 0 Å². The molecule has 0 bridgehead atoms. The number of hydrogen-bond donors (Lipinski definition) is 1. The van der Waals surface area contributed by atoms with Crippen LogP contribution in [0.15, 0.2) is 24.3 Å². The molecule has 1 saturated heterocycles. The Hall–Kier alpha value is -0.970. The summed E-state index contributed by atoms with van der Waals surface area (Å²) in [5.41, 5.74) is 6.70. The lowest BCUT2D eigenvalue weighted by Crippen LogP contribution is -2.29. The average Bonchev–Trinajstić information content (AvgIpc) is 2.82. The predicted octanol–water partition coefficient (Wildman–Crippen LogP) is 2.41. The van der Waals surface area contributed by atoms with E-state index in [1.54, 1.807) is 6.07 Å². The molecular weight excluding hydrogens is 233 g/mol. The van der Waals surface area contributed by atoms with Gasteiger partial charge in [-0.1, -0.05) is 12.1 Å². The third kappa shape index (κ3) is 3.51. The Morgan fingerprint density at radius 1 is 1.56 bits per heavy atom. The Bertz CT molecular complexity index is 378. The molecular formula is C14H20FNO2. The highest BCUT2D eigenvalue weighted by Gasteiger charge is 2.22. The zero-order chi connectivity index (χ0) is 13.0. The maximum Gasteiger partial charge on any atom is 0.123 e. The quantitative estimate of drug-likeness (QED) is 0.876. The van der Waals surface area contributed by atoms with Crippen LogP contribution in [-0.4, -0.2) is 25.4 Å². The first-order valence-corrected chi connectivity index (χ1v) is 6.41. The van der Waals surface area contributed by atoms with Gasteiger partial charge in [-0.15, -0.1) is 0 Å². The van der Waals surface area contributed by atoms with Crippen molar-refractivity contribution in [2.45, 2.75) is 38.0 Å². The second-order valence-corrected chi connectivity index (χ2v) is 4.80. The van der Waals surface area contributed by atoms with Crippen molar-refractivity contribution in [3.05, 3.63) is 35.6 Å². The number of rotatable bonds is 5. The molecule has 1 aliphatic rings. The minimum atomic E-state index is -0.287. The Labute approximate surface area is 107 Å². The topological polar surface area (TPSA) is 44.5 Å². The number of halogens is 1. The van der Waals surface area contributed by atoms with Gasteiger partial charge in [-0.25, -0.2) is 4.39 Å². The van der Waals surface area contributed by atoms with Gasteiger partial charge >= 0.3 is 0 Å². The van der Waals surface area contributed by atoms with Crippen LogP contribution in [0, 0.1) is 5.82 Å². The summed E-state index contributed by atoms with van der Waals surface area (Å²) in [6.07, 6.45) is 1.97. The van der Waals surface area contributed by atoms with E-state index in [2.05, 4.69) is 0 Å². The van der Waals surface area contributed by atoms with Crippen LogP contribution < -0.4 is 5.73 Å². The van der Waals surface area contributed by atoms with Crippen LogP contribution in [-0.2, 0) is 9.47 Å². The van der Waals surface area contributed by atoms with Crippen LogP contribution in [0.5, 0.6) is 0 Å². The molecule has 1 aromatic carbocycles. The second-order valence-electron chi connectivity index (χ2n) is 4.80. The Kier molecular flexibility index (Phi) is 4.69. The molecule has 100 valence electrons. The number of benzene rings is 1. The van der Waals surface area contributed by atoms with Crippen LogP contribution >= 0.6 is 0 Å². The van der Waals surface area contributed by atoms with E-state index >= 15 is 0 Å². The standard InChI is InChI=1S/C14H20FNO2/c1-10(16)14(11-4-2-5-12(15)8-11)18-9-13-6-3-7-17-13/h2,4-5,8,10,13-14H,3,6-7,9,16H2,1H3. The molecule has 1 fully saturated rings. The molecule has 0 aliphatic carbocycles. The molecule has 3 atom stereocenters. The maximum atomic E-state index is 13.2. The van der Waals surface area contributed by atoms with Crippen LogP contribution in [0.25, 0.3) is 0 Å². The molecule has 3 unspecified atom stereocenters. The molecule has 0 spiro atoms. The molecule has 3 nitrogen and oxygen atoms in total. The van der Waals surface area contributed by atoms with Crippen LogP contribution in [0.3, 0.4) is 0 Å². The summed E-state index contributed by atoms with van der Waals surface area (Å²) in [5, 5.41) is 0. The minimum Gasteiger partial charge on any atom is -0.376 e. The molecule has 0 saturated carbocycles. The van der Waals surface area contributed by atoms with E-state index in [1.807, 2.05) is 13.0 Å². The van der Waals surface area contributed by atoms with Crippen LogP contribution in [0.1, 0.15) is 31.4 Å². The Morgan fingerprint density at radius 3 is 3.00 bits per heavy atom. The number of hydrogen-bond acceptors (Lipinski definition) is 3. The van der Waals surface area contributed by atoms with E-state index < -0.39 is 0 Å². The monoisotopic (exact) mass is 253 g/mol. The zero-order valence-corrected chi connectivity index (χ0v) is 10.6. The smallest absolute Gasteiger partial charge is 0.123 e. The first kappa shape index (κ1) is 13.5. The third-order valence-corrected chi connectivity index (χ3v) is 3.14. The largest absolute Gasteiger partial charge is 0.376 e. The molecule has 0 aromatic heterocycles. The van der Waals surface area contributed by atoms with Gasteiger partial charge in [0.15, 0.2) is 0 Å². The summed E-state index contributed by atoms with van der Waals surface area (Å²) in [5.74, 6) is -0.265. The van der Waals surface area contributed by atoms with Gasteiger partial charge in [-0.3, -0.25) is 0 Å². The minimum absolute atomic E-state index is 0.153. The van der Waals surface area contributed by atoms with Crippen molar-refractivity contribution in [1.82, 2.24) is 0 Å². The van der Waals surface area contributed by atoms with E-state index in [1.165, 1.54) is 12.1 Å². The highest BCUT2D eigenvalue weighted by atomic mass is 19.1. The average molecular weight is 253 g/mol. The summed E-state index contributed by atoms with van der Waals surface area (Å²) in [4.78, 5) is 0. The fourth-order valence-corrected chi connectivity index (χ4v) is 2.22. The molecule has 0 radical (unpaired) electrons. The maximum absolute atomic E-state index is 13.2. The van der Waals surface area contributed by atoms with Gasteiger partial charge in [0, 0.05) is 12.6 Å². The molecule has 2 N–H and O–H groups in total. The van der Waals surface area contributed by atoms with Crippen molar-refractivity contribution in [3.63, 3.8) is 0 Å². The Morgan fingerprint density at radius 2 is 2.39 bits per heavy atom. The van der Waals surface area contributed by atoms with Crippen LogP contribution in [0.2, 0.25) is 0 Å². The lowest BCUT2D eigenvalue weighted by molar-refractivity contribution is -0.0286. The van der Waals surface area contributed by atoms with E-state index in [0.717, 1.165) is 25.0 Å². The summed E-state index contributed by atoms with van der Waals surface area (Å²) in [6, 6.07) is 6.22. The van der Waals surface area contributed by atoms with Crippen molar-refractivity contribution >= 4 is 0 Å². The summed E-state index contributed by atoms with van der Waals surface area (Å²) < 4.78 is 24.5. The highest BCUT2D eigenvalue weighted by Crippen LogP contribution is 2.23. The molecule has 18 heavy (non-hydrogen) atoms. The van der Waals surface area contributed by atoms with Crippen LogP contribution in [0.4, 0.5) is 4.39 Å². The van der Waals surface area contributed by atoms with Crippen molar-refractivity contribution in [2.75, 3.05) is 13.2 Å². The third-order valence-electron chi connectivity index (χ3n) is 3.14. The molecule has 1 aliphatic heterocycles. The fraction of sp³-hybridized carbons (Fsp3) is 0.571. The van der Waals surface area contributed by atoms with Gasteiger partial charge in [-0.05, 0) is 37.5 Å². The lowest BCUT2D eigenvalue weighted by atomic mass is 10.0. The molecule has 0 amide bonds. The highest BCUT2D eigenvalue weighted by molar-refractivity contribution is 5.20. The number of ether oxygens (including phenoxy) is 2. The second kappa shape index (κ2) is 6.27. The van der Waals surface area contributed by atoms with Crippen molar-refractivity contribution in [1.29, 1.82) is 0 Å². The lowest BCUT2D eigenvalue weighted by Gasteiger charge is -2.23. The van der Waals surface area contributed by atoms with Gasteiger partial charge < -0.3 is 15.2 Å². The van der Waals surface area contributed by atoms with Gasteiger partial charge in [0.1, 0.15) is 5.82 Å². The molecule has 2 rings (SSSR count). The van der Waals surface area contributed by atoms with Gasteiger partial charge in [0.05, 0.1) is 18.8 Å². The summed E-state index contributed by atoms with van der Waals surface area (Å²) >= 11 is 0. The van der Waals surface area contributed by atoms with Gasteiger partial charge in [0.25, 0.3) is 0 Å². The first-order chi connectivity index (χ1) is 8.66. The van der Waals surface area contributed by atoms with E-state index in [0.29, 0.717) is 6.61 Å². The molecule has 1 heterocycles. The fourth-order valence-electron chi connectivity index (χ4n) is 2.22.